The number of carbonyl (C=O) groups excluding carboxylic acids is 1. The van der Waals surface area contributed by atoms with Crippen molar-refractivity contribution in [1.29, 1.82) is 0 Å². The average Bonchev–Trinajstić information content (AvgIpc) is 3.20. The SMILES string of the molecule is CCCc1nc(COC(=O)Cc2coc3cc(OC)ccc23)cs1. The molecule has 2 aromatic heterocycles. The number of hydrogen-bond donors (Lipinski definition) is 0. The lowest BCUT2D eigenvalue weighted by Gasteiger charge is -2.02. The smallest absolute Gasteiger partial charge is 0.310 e. The number of aryl methyl sites for hydroxylation is 1. The third kappa shape index (κ3) is 3.76. The van der Waals surface area contributed by atoms with Crippen LogP contribution in [0, 0.1) is 0 Å². The number of methoxy groups -OCH3 is 1. The summed E-state index contributed by atoms with van der Waals surface area (Å²) in [5.74, 6) is 0.427. The third-order valence-electron chi connectivity index (χ3n) is 3.64. The van der Waals surface area contributed by atoms with Gasteiger partial charge in [-0.05, 0) is 25.0 Å². The van der Waals surface area contributed by atoms with Crippen molar-refractivity contribution in [3.63, 3.8) is 0 Å². The first-order valence-corrected chi connectivity index (χ1v) is 8.70. The van der Waals surface area contributed by atoms with Crippen LogP contribution in [0.2, 0.25) is 0 Å². The Morgan fingerprint density at radius 3 is 3.04 bits per heavy atom. The maximum atomic E-state index is 12.1. The fourth-order valence-corrected chi connectivity index (χ4v) is 3.32. The van der Waals surface area contributed by atoms with Crippen molar-refractivity contribution in [3.8, 4) is 5.75 Å². The molecule has 0 fully saturated rings. The number of esters is 1. The highest BCUT2D eigenvalue weighted by atomic mass is 32.1. The number of carbonyl (C=O) groups is 1. The van der Waals surface area contributed by atoms with E-state index >= 15 is 0 Å². The fourth-order valence-electron chi connectivity index (χ4n) is 2.43. The molecule has 126 valence electrons. The van der Waals surface area contributed by atoms with Gasteiger partial charge in [-0.25, -0.2) is 4.98 Å². The molecule has 0 radical (unpaired) electrons. The van der Waals surface area contributed by atoms with Gasteiger partial charge in [-0.3, -0.25) is 4.79 Å². The largest absolute Gasteiger partial charge is 0.497 e. The normalized spacial score (nSPS) is 10.9. The summed E-state index contributed by atoms with van der Waals surface area (Å²) in [6, 6.07) is 5.53. The van der Waals surface area contributed by atoms with Crippen molar-refractivity contribution in [1.82, 2.24) is 4.98 Å². The lowest BCUT2D eigenvalue weighted by Crippen LogP contribution is -2.08. The standard InChI is InChI=1S/C18H19NO4S/c1-3-4-17-19-13(11-24-17)10-23-18(20)7-12-9-22-16-8-14(21-2)5-6-15(12)16/h5-6,8-9,11H,3-4,7,10H2,1-2H3. The lowest BCUT2D eigenvalue weighted by atomic mass is 10.1. The van der Waals surface area contributed by atoms with Gasteiger partial charge in [0.2, 0.25) is 0 Å². The minimum absolute atomic E-state index is 0.172. The molecule has 6 heteroatoms. The first-order valence-electron chi connectivity index (χ1n) is 7.82. The van der Waals surface area contributed by atoms with E-state index in [0.29, 0.717) is 5.58 Å². The molecule has 0 unspecified atom stereocenters. The summed E-state index contributed by atoms with van der Waals surface area (Å²) in [6.45, 7) is 2.33. The Hall–Kier alpha value is -2.34. The van der Waals surface area contributed by atoms with Crippen LogP contribution in [0.1, 0.15) is 29.6 Å². The van der Waals surface area contributed by atoms with Crippen LogP contribution >= 0.6 is 11.3 Å². The molecule has 0 aliphatic rings. The molecule has 5 nitrogen and oxygen atoms in total. The van der Waals surface area contributed by atoms with E-state index in [1.165, 1.54) is 0 Å². The molecule has 0 amide bonds. The number of ether oxygens (including phenoxy) is 2. The maximum Gasteiger partial charge on any atom is 0.310 e. The van der Waals surface area contributed by atoms with E-state index in [1.807, 2.05) is 17.5 Å². The molecule has 3 aromatic rings. The Balaban J connectivity index is 1.60. The van der Waals surface area contributed by atoms with Gasteiger partial charge in [-0.15, -0.1) is 11.3 Å². The predicted molar refractivity (Wildman–Crippen MR) is 92.4 cm³/mol. The molecule has 0 bridgehead atoms. The number of furan rings is 1. The summed E-state index contributed by atoms with van der Waals surface area (Å²) in [4.78, 5) is 16.5. The Morgan fingerprint density at radius 1 is 1.38 bits per heavy atom. The van der Waals surface area contributed by atoms with Crippen molar-refractivity contribution >= 4 is 28.3 Å². The first kappa shape index (κ1) is 16.5. The van der Waals surface area contributed by atoms with Gasteiger partial charge in [-0.1, -0.05) is 6.92 Å². The molecule has 0 saturated heterocycles. The molecule has 1 aromatic carbocycles. The second-order valence-electron chi connectivity index (χ2n) is 5.44. The number of thiazole rings is 1. The quantitative estimate of drug-likeness (QED) is 0.602. The van der Waals surface area contributed by atoms with E-state index in [-0.39, 0.29) is 19.0 Å². The molecule has 0 atom stereocenters. The highest BCUT2D eigenvalue weighted by molar-refractivity contribution is 7.09. The summed E-state index contributed by atoms with van der Waals surface area (Å²) in [5, 5.41) is 3.92. The third-order valence-corrected chi connectivity index (χ3v) is 4.60. The first-order chi connectivity index (χ1) is 11.7. The van der Waals surface area contributed by atoms with E-state index in [4.69, 9.17) is 13.9 Å². The van der Waals surface area contributed by atoms with Crippen molar-refractivity contribution in [2.75, 3.05) is 7.11 Å². The topological polar surface area (TPSA) is 61.6 Å². The highest BCUT2D eigenvalue weighted by Crippen LogP contribution is 2.26. The van der Waals surface area contributed by atoms with E-state index in [1.54, 1.807) is 30.8 Å². The summed E-state index contributed by atoms with van der Waals surface area (Å²) in [7, 11) is 1.60. The Bertz CT molecular complexity index is 837. The van der Waals surface area contributed by atoms with Gasteiger partial charge in [0, 0.05) is 22.4 Å². The van der Waals surface area contributed by atoms with Crippen LogP contribution in [0.3, 0.4) is 0 Å². The second-order valence-corrected chi connectivity index (χ2v) is 6.39. The van der Waals surface area contributed by atoms with Crippen molar-refractivity contribution in [2.45, 2.75) is 32.8 Å². The number of nitrogens with zero attached hydrogens (tertiary/aromatic N) is 1. The summed E-state index contributed by atoms with van der Waals surface area (Å²) >= 11 is 1.61. The fraction of sp³-hybridized carbons (Fsp3) is 0.333. The van der Waals surface area contributed by atoms with Gasteiger partial charge >= 0.3 is 5.97 Å². The van der Waals surface area contributed by atoms with Crippen LogP contribution in [0.15, 0.2) is 34.3 Å². The van der Waals surface area contributed by atoms with E-state index in [9.17, 15) is 4.79 Å². The molecule has 0 saturated carbocycles. The van der Waals surface area contributed by atoms with Crippen LogP contribution in [0.5, 0.6) is 5.75 Å². The summed E-state index contributed by atoms with van der Waals surface area (Å²) in [6.07, 6.45) is 3.78. The number of fused-ring (bicyclic) bond motifs is 1. The zero-order chi connectivity index (χ0) is 16.9. The van der Waals surface area contributed by atoms with Gasteiger partial charge < -0.3 is 13.9 Å². The number of rotatable bonds is 7. The van der Waals surface area contributed by atoms with E-state index in [2.05, 4.69) is 11.9 Å². The molecule has 2 heterocycles. The number of aromatic nitrogens is 1. The molecule has 3 rings (SSSR count). The monoisotopic (exact) mass is 345 g/mol. The van der Waals surface area contributed by atoms with Gasteiger partial charge in [0.05, 0.1) is 30.5 Å². The summed E-state index contributed by atoms with van der Waals surface area (Å²) < 4.78 is 16.0. The van der Waals surface area contributed by atoms with Crippen molar-refractivity contribution in [3.05, 3.63) is 46.1 Å². The summed E-state index contributed by atoms with van der Waals surface area (Å²) in [5.41, 5.74) is 2.31. The Morgan fingerprint density at radius 2 is 2.25 bits per heavy atom. The van der Waals surface area contributed by atoms with E-state index in [0.717, 1.165) is 40.2 Å². The van der Waals surface area contributed by atoms with Crippen molar-refractivity contribution < 1.29 is 18.7 Å². The number of benzene rings is 1. The minimum atomic E-state index is -0.293. The lowest BCUT2D eigenvalue weighted by molar-refractivity contribution is -0.144. The Labute approximate surface area is 144 Å². The van der Waals surface area contributed by atoms with Crippen LogP contribution in [-0.4, -0.2) is 18.1 Å². The van der Waals surface area contributed by atoms with Crippen molar-refractivity contribution in [2.24, 2.45) is 0 Å². The van der Waals surface area contributed by atoms with Crippen LogP contribution in [0.25, 0.3) is 11.0 Å². The zero-order valence-electron chi connectivity index (χ0n) is 13.7. The number of hydrogen-bond acceptors (Lipinski definition) is 6. The predicted octanol–water partition coefficient (Wildman–Crippen LogP) is 4.14. The maximum absolute atomic E-state index is 12.1. The molecule has 0 aliphatic carbocycles. The average molecular weight is 345 g/mol. The van der Waals surface area contributed by atoms with Gasteiger partial charge in [0.25, 0.3) is 0 Å². The van der Waals surface area contributed by atoms with Crippen LogP contribution in [0.4, 0.5) is 0 Å². The van der Waals surface area contributed by atoms with Gasteiger partial charge in [-0.2, -0.15) is 0 Å². The molecule has 24 heavy (non-hydrogen) atoms. The molecular formula is C18H19NO4S. The highest BCUT2D eigenvalue weighted by Gasteiger charge is 2.13. The molecular weight excluding hydrogens is 326 g/mol. The molecule has 0 N–H and O–H groups in total. The van der Waals surface area contributed by atoms with Gasteiger partial charge in [0.1, 0.15) is 17.9 Å². The van der Waals surface area contributed by atoms with Crippen LogP contribution in [-0.2, 0) is 29.0 Å². The zero-order valence-corrected chi connectivity index (χ0v) is 14.5. The second kappa shape index (κ2) is 7.49. The molecule has 0 spiro atoms. The Kier molecular flexibility index (Phi) is 5.15. The van der Waals surface area contributed by atoms with Crippen LogP contribution < -0.4 is 4.74 Å². The minimum Gasteiger partial charge on any atom is -0.497 e. The van der Waals surface area contributed by atoms with Gasteiger partial charge in [0.15, 0.2) is 0 Å². The van der Waals surface area contributed by atoms with E-state index < -0.39 is 0 Å². The molecule has 0 aliphatic heterocycles.